The fraction of sp³-hybridized carbons (Fsp3) is 0.462. The molecule has 1 heterocycles. The number of carboxylic acids is 1. The van der Waals surface area contributed by atoms with Gasteiger partial charge in [0, 0.05) is 23.2 Å². The minimum absolute atomic E-state index is 0.0416. The molecule has 8 nitrogen and oxygen atoms in total. The number of anilines is 1. The normalized spacial score (nSPS) is 22.9. The molecule has 4 rings (SSSR count). The average molecular weight is 542 g/mol. The topological polar surface area (TPSA) is 100 Å². The van der Waals surface area contributed by atoms with Gasteiger partial charge in [-0.3, -0.25) is 0 Å². The van der Waals surface area contributed by atoms with Crippen LogP contribution in [0.5, 0.6) is 11.5 Å². The number of likely N-dealkylation sites (tertiary alicyclic amines) is 1. The Kier molecular flexibility index (Phi) is 9.08. The molecule has 1 saturated carbocycles. The highest BCUT2D eigenvalue weighted by atomic mass is 19.4. The second-order valence-corrected chi connectivity index (χ2v) is 9.35. The van der Waals surface area contributed by atoms with Gasteiger partial charge in [-0.15, -0.1) is 0 Å². The number of urea groups is 1. The summed E-state index contributed by atoms with van der Waals surface area (Å²) >= 11 is 0. The fourth-order valence-corrected chi connectivity index (χ4v) is 5.28. The summed E-state index contributed by atoms with van der Waals surface area (Å²) in [4.78, 5) is 23.8. The van der Waals surface area contributed by atoms with Crippen LogP contribution in [0, 0.1) is 5.82 Å². The largest absolute Gasteiger partial charge is 0.493 e. The minimum Gasteiger partial charge on any atom is -0.493 e. The standard InChI is InChI=1S/C24H30FN3O3.C2HF3O2/c1-28-13-12-24(16-4-9-20(30-2)21(14-16)31-3)11-10-19(15-22(24)28)27-23(29)26-18-7-5-17(25)6-8-18;3-2(4,5)1(6)7/h4-9,14,19,22H,10-13,15H2,1-3H3,(H2,26,27,29);(H,6,7)/t19-,22+,24+;/m1./s1. The molecule has 12 heteroatoms. The third-order valence-electron chi connectivity index (χ3n) is 7.17. The molecule has 3 atom stereocenters. The van der Waals surface area contributed by atoms with Crippen molar-refractivity contribution >= 4 is 17.7 Å². The van der Waals surface area contributed by atoms with Gasteiger partial charge in [0.1, 0.15) is 5.82 Å². The zero-order chi connectivity index (χ0) is 28.1. The van der Waals surface area contributed by atoms with E-state index in [2.05, 4.69) is 34.7 Å². The molecule has 1 aliphatic carbocycles. The molecule has 2 amide bonds. The summed E-state index contributed by atoms with van der Waals surface area (Å²) in [6.07, 6.45) is -1.24. The highest BCUT2D eigenvalue weighted by Crippen LogP contribution is 2.49. The van der Waals surface area contributed by atoms with Crippen LogP contribution in [-0.2, 0) is 10.2 Å². The van der Waals surface area contributed by atoms with Crippen molar-refractivity contribution in [2.75, 3.05) is 33.1 Å². The van der Waals surface area contributed by atoms with E-state index in [-0.39, 0.29) is 23.3 Å². The number of carbonyl (C=O) groups excluding carboxylic acids is 1. The second-order valence-electron chi connectivity index (χ2n) is 9.35. The van der Waals surface area contributed by atoms with E-state index >= 15 is 0 Å². The predicted octanol–water partition coefficient (Wildman–Crippen LogP) is 4.79. The molecule has 3 N–H and O–H groups in total. The number of hydrogen-bond donors (Lipinski definition) is 3. The SMILES string of the molecule is COc1ccc([C@@]23CC[C@@H](NC(=O)Nc4ccc(F)cc4)C[C@@H]2N(C)CC3)cc1OC.O=C(O)C(F)(F)F. The van der Waals surface area contributed by atoms with Crippen LogP contribution in [0.3, 0.4) is 0 Å². The first-order valence-electron chi connectivity index (χ1n) is 12.0. The van der Waals surface area contributed by atoms with Crippen LogP contribution < -0.4 is 20.1 Å². The van der Waals surface area contributed by atoms with Gasteiger partial charge in [-0.25, -0.2) is 14.0 Å². The van der Waals surface area contributed by atoms with Crippen molar-refractivity contribution in [1.82, 2.24) is 10.2 Å². The zero-order valence-corrected chi connectivity index (χ0v) is 21.3. The lowest BCUT2D eigenvalue weighted by Gasteiger charge is -2.45. The molecule has 0 spiro atoms. The summed E-state index contributed by atoms with van der Waals surface area (Å²) in [6, 6.07) is 12.2. The first kappa shape index (κ1) is 29.0. The molecule has 2 aromatic rings. The number of ether oxygens (including phenoxy) is 2. The van der Waals surface area contributed by atoms with Crippen molar-refractivity contribution < 1.29 is 41.7 Å². The van der Waals surface area contributed by atoms with Crippen LogP contribution in [-0.4, -0.2) is 68.1 Å². The van der Waals surface area contributed by atoms with E-state index in [0.29, 0.717) is 11.7 Å². The molecule has 1 saturated heterocycles. The van der Waals surface area contributed by atoms with Gasteiger partial charge in [0.2, 0.25) is 0 Å². The van der Waals surface area contributed by atoms with Gasteiger partial charge in [0.05, 0.1) is 14.2 Å². The van der Waals surface area contributed by atoms with Crippen molar-refractivity contribution in [3.05, 3.63) is 53.8 Å². The molecule has 0 radical (unpaired) electrons. The first-order chi connectivity index (χ1) is 17.9. The summed E-state index contributed by atoms with van der Waals surface area (Å²) in [6.45, 7) is 1.02. The summed E-state index contributed by atoms with van der Waals surface area (Å²) in [5.41, 5.74) is 1.89. The van der Waals surface area contributed by atoms with Crippen LogP contribution in [0.25, 0.3) is 0 Å². The van der Waals surface area contributed by atoms with E-state index in [0.717, 1.165) is 43.7 Å². The Hall–Kier alpha value is -3.54. The van der Waals surface area contributed by atoms with Gasteiger partial charge in [-0.1, -0.05) is 6.07 Å². The van der Waals surface area contributed by atoms with Gasteiger partial charge < -0.3 is 30.1 Å². The summed E-state index contributed by atoms with van der Waals surface area (Å²) < 4.78 is 55.8. The molecular formula is C26H31F4N3O5. The molecule has 0 aromatic heterocycles. The van der Waals surface area contributed by atoms with Gasteiger partial charge >= 0.3 is 18.2 Å². The number of carbonyl (C=O) groups is 2. The summed E-state index contributed by atoms with van der Waals surface area (Å²) in [5, 5.41) is 13.0. The molecular weight excluding hydrogens is 510 g/mol. The first-order valence-corrected chi connectivity index (χ1v) is 12.0. The highest BCUT2D eigenvalue weighted by molar-refractivity contribution is 5.89. The number of nitrogens with zero attached hydrogens (tertiary/aromatic N) is 1. The molecule has 1 aliphatic heterocycles. The van der Waals surface area contributed by atoms with Crippen molar-refractivity contribution in [3.8, 4) is 11.5 Å². The average Bonchev–Trinajstić information content (AvgIpc) is 3.21. The number of amides is 2. The van der Waals surface area contributed by atoms with Gasteiger partial charge in [-0.05, 0) is 81.2 Å². The number of aliphatic carboxylic acids is 1. The maximum atomic E-state index is 13.1. The number of rotatable bonds is 5. The number of methoxy groups -OCH3 is 2. The quantitative estimate of drug-likeness (QED) is 0.471. The van der Waals surface area contributed by atoms with Crippen LogP contribution >= 0.6 is 0 Å². The second kappa shape index (κ2) is 11.9. The predicted molar refractivity (Wildman–Crippen MR) is 132 cm³/mol. The lowest BCUT2D eigenvalue weighted by Crippen LogP contribution is -2.52. The Balaban J connectivity index is 0.000000505. The third-order valence-corrected chi connectivity index (χ3v) is 7.17. The number of likely N-dealkylation sites (N-methyl/N-ethyl adjacent to an activating group) is 1. The van der Waals surface area contributed by atoms with Crippen molar-refractivity contribution in [2.24, 2.45) is 0 Å². The number of alkyl halides is 3. The van der Waals surface area contributed by atoms with E-state index in [9.17, 15) is 22.4 Å². The van der Waals surface area contributed by atoms with Crippen LogP contribution in [0.15, 0.2) is 42.5 Å². The molecule has 2 fully saturated rings. The Bertz CT molecular complexity index is 1130. The third kappa shape index (κ3) is 6.66. The maximum Gasteiger partial charge on any atom is 0.490 e. The lowest BCUT2D eigenvalue weighted by atomic mass is 9.65. The minimum atomic E-state index is -5.08. The highest BCUT2D eigenvalue weighted by Gasteiger charge is 2.50. The molecule has 208 valence electrons. The molecule has 2 aromatic carbocycles. The number of hydrogen-bond acceptors (Lipinski definition) is 5. The van der Waals surface area contributed by atoms with Crippen molar-refractivity contribution in [1.29, 1.82) is 0 Å². The smallest absolute Gasteiger partial charge is 0.490 e. The van der Waals surface area contributed by atoms with Gasteiger partial charge in [0.15, 0.2) is 11.5 Å². The van der Waals surface area contributed by atoms with E-state index in [4.69, 9.17) is 19.4 Å². The molecule has 0 bridgehead atoms. The Morgan fingerprint density at radius 1 is 1.05 bits per heavy atom. The number of fused-ring (bicyclic) bond motifs is 1. The van der Waals surface area contributed by atoms with Crippen molar-refractivity contribution in [2.45, 2.75) is 49.4 Å². The van der Waals surface area contributed by atoms with E-state index in [1.807, 2.05) is 6.07 Å². The maximum absolute atomic E-state index is 13.1. The number of halogens is 4. The fourth-order valence-electron chi connectivity index (χ4n) is 5.28. The van der Waals surface area contributed by atoms with E-state index in [1.54, 1.807) is 26.4 Å². The molecule has 38 heavy (non-hydrogen) atoms. The number of carboxylic acid groups (broad SMARTS) is 1. The van der Waals surface area contributed by atoms with Crippen LogP contribution in [0.2, 0.25) is 0 Å². The zero-order valence-electron chi connectivity index (χ0n) is 21.3. The number of nitrogens with one attached hydrogen (secondary N) is 2. The van der Waals surface area contributed by atoms with Crippen LogP contribution in [0.1, 0.15) is 31.2 Å². The van der Waals surface area contributed by atoms with Gasteiger partial charge in [0.25, 0.3) is 0 Å². The van der Waals surface area contributed by atoms with E-state index < -0.39 is 12.1 Å². The van der Waals surface area contributed by atoms with E-state index in [1.165, 1.54) is 17.7 Å². The van der Waals surface area contributed by atoms with Gasteiger partial charge in [-0.2, -0.15) is 13.2 Å². The summed E-state index contributed by atoms with van der Waals surface area (Å²) in [5.74, 6) is -1.60. The summed E-state index contributed by atoms with van der Waals surface area (Å²) in [7, 11) is 5.47. The Morgan fingerprint density at radius 3 is 2.26 bits per heavy atom. The molecule has 0 unspecified atom stereocenters. The number of benzene rings is 2. The Labute approximate surface area is 217 Å². The lowest BCUT2D eigenvalue weighted by molar-refractivity contribution is -0.192. The Morgan fingerprint density at radius 2 is 1.68 bits per heavy atom. The van der Waals surface area contributed by atoms with Crippen molar-refractivity contribution in [3.63, 3.8) is 0 Å². The molecule has 2 aliphatic rings. The monoisotopic (exact) mass is 541 g/mol. The van der Waals surface area contributed by atoms with Crippen LogP contribution in [0.4, 0.5) is 28.0 Å².